The third-order valence-corrected chi connectivity index (χ3v) is 6.62. The van der Waals surface area contributed by atoms with E-state index in [0.717, 1.165) is 5.57 Å². The molecular formula is C26H24N8O3. The Labute approximate surface area is 213 Å². The summed E-state index contributed by atoms with van der Waals surface area (Å²) in [6.45, 7) is 0.935. The number of carbonyl (C=O) groups excluding carboxylic acids is 2. The van der Waals surface area contributed by atoms with Crippen LogP contribution in [0.4, 0.5) is 11.5 Å². The molecule has 3 aromatic heterocycles. The maximum atomic E-state index is 13.4. The molecule has 11 heteroatoms. The molecule has 0 spiro atoms. The third kappa shape index (κ3) is 4.45. The second-order valence-corrected chi connectivity index (χ2v) is 8.69. The van der Waals surface area contributed by atoms with Gasteiger partial charge in [-0.25, -0.2) is 15.0 Å². The predicted molar refractivity (Wildman–Crippen MR) is 135 cm³/mol. The Morgan fingerprint density at radius 1 is 1.14 bits per heavy atom. The van der Waals surface area contributed by atoms with Crippen LogP contribution in [0.1, 0.15) is 30.0 Å². The first-order valence-electron chi connectivity index (χ1n) is 11.8. The first-order valence-corrected chi connectivity index (χ1v) is 11.8. The van der Waals surface area contributed by atoms with E-state index in [4.69, 9.17) is 10.5 Å². The van der Waals surface area contributed by atoms with Crippen LogP contribution in [-0.2, 0) is 9.59 Å². The van der Waals surface area contributed by atoms with E-state index in [2.05, 4.69) is 31.3 Å². The average molecular weight is 497 g/mol. The molecule has 1 amide bonds. The summed E-state index contributed by atoms with van der Waals surface area (Å²) in [6, 6.07) is 7.67. The molecule has 2 aliphatic heterocycles. The molecule has 0 aromatic carbocycles. The van der Waals surface area contributed by atoms with Gasteiger partial charge in [-0.2, -0.15) is 5.26 Å². The molecular weight excluding hydrogens is 472 g/mol. The molecule has 3 aromatic rings. The van der Waals surface area contributed by atoms with Crippen LogP contribution in [0, 0.1) is 11.3 Å². The molecule has 0 radical (unpaired) electrons. The van der Waals surface area contributed by atoms with Crippen LogP contribution in [-0.4, -0.2) is 63.3 Å². The van der Waals surface area contributed by atoms with Gasteiger partial charge in [0.05, 0.1) is 48.6 Å². The molecule has 5 heterocycles. The quantitative estimate of drug-likeness (QED) is 0.396. The van der Waals surface area contributed by atoms with Crippen LogP contribution in [0.25, 0.3) is 17.0 Å². The normalized spacial score (nSPS) is 16.4. The number of likely N-dealkylation sites (tertiary alicyclic amines) is 1. The van der Waals surface area contributed by atoms with Gasteiger partial charge in [0, 0.05) is 31.4 Å². The molecule has 1 unspecified atom stereocenters. The zero-order valence-electron chi connectivity index (χ0n) is 20.1. The van der Waals surface area contributed by atoms with Gasteiger partial charge in [-0.3, -0.25) is 14.6 Å². The second-order valence-electron chi connectivity index (χ2n) is 8.69. The van der Waals surface area contributed by atoms with Gasteiger partial charge in [0.15, 0.2) is 0 Å². The maximum Gasteiger partial charge on any atom is 0.290 e. The summed E-state index contributed by atoms with van der Waals surface area (Å²) in [4.78, 5) is 45.3. The number of nitrogen functional groups attached to an aromatic ring is 1. The minimum Gasteiger partial charge on any atom is -0.495 e. The Hall–Kier alpha value is -4.85. The number of nitrogens with one attached hydrogen (secondary N) is 1. The highest BCUT2D eigenvalue weighted by molar-refractivity contribution is 6.38. The van der Waals surface area contributed by atoms with E-state index in [9.17, 15) is 14.9 Å². The van der Waals surface area contributed by atoms with E-state index in [1.807, 2.05) is 6.07 Å². The van der Waals surface area contributed by atoms with Gasteiger partial charge in [-0.1, -0.05) is 6.07 Å². The number of nitrogens with two attached hydrogens (primary N) is 1. The number of pyridine rings is 2. The Morgan fingerprint density at radius 3 is 2.59 bits per heavy atom. The summed E-state index contributed by atoms with van der Waals surface area (Å²) in [5.74, 6) is -1.12. The largest absolute Gasteiger partial charge is 0.495 e. The molecule has 1 atom stereocenters. The van der Waals surface area contributed by atoms with Crippen molar-refractivity contribution in [3.8, 4) is 23.2 Å². The number of anilines is 2. The third-order valence-electron chi connectivity index (χ3n) is 6.62. The monoisotopic (exact) mass is 496 g/mol. The van der Waals surface area contributed by atoms with Crippen molar-refractivity contribution in [2.45, 2.75) is 18.8 Å². The molecule has 0 saturated carbocycles. The number of aromatic nitrogens is 4. The number of nitrogens with zero attached hydrogens (tertiary/aromatic N) is 6. The number of rotatable bonds is 5. The van der Waals surface area contributed by atoms with Gasteiger partial charge in [0.25, 0.3) is 5.91 Å². The van der Waals surface area contributed by atoms with Gasteiger partial charge in [0.2, 0.25) is 5.78 Å². The van der Waals surface area contributed by atoms with Gasteiger partial charge in [-0.05, 0) is 30.5 Å². The molecule has 3 N–H and O–H groups in total. The lowest BCUT2D eigenvalue weighted by Gasteiger charge is -2.29. The predicted octanol–water partition coefficient (Wildman–Crippen LogP) is 2.20. The van der Waals surface area contributed by atoms with Gasteiger partial charge >= 0.3 is 0 Å². The van der Waals surface area contributed by atoms with Crippen LogP contribution in [0.3, 0.4) is 0 Å². The Morgan fingerprint density at radius 2 is 1.95 bits per heavy atom. The first-order chi connectivity index (χ1) is 18.0. The number of piperidine rings is 1. The van der Waals surface area contributed by atoms with Crippen molar-refractivity contribution in [2.75, 3.05) is 37.8 Å². The Balaban J connectivity index is 1.36. The molecule has 1 fully saturated rings. The molecule has 1 saturated heterocycles. The smallest absolute Gasteiger partial charge is 0.290 e. The highest BCUT2D eigenvalue weighted by atomic mass is 16.5. The van der Waals surface area contributed by atoms with E-state index >= 15 is 0 Å². The molecule has 5 rings (SSSR count). The number of hydrogen-bond donors (Lipinski definition) is 2. The lowest BCUT2D eigenvalue weighted by molar-refractivity contribution is -0.145. The first kappa shape index (κ1) is 23.9. The standard InChI is InChI=1S/C26H24N8O3/c1-37-20-13-33-23(19-12-31-21(28)14-30-19)24-22(20)17(11-32-24)25(35)26(36)34-8-5-15(6-9-34)16(10-27)18-4-2-3-7-29-18/h2-4,7,12-14,17,32H,5-6,8-9,11H2,1H3,(H2,28,31). The van der Waals surface area contributed by atoms with Crippen LogP contribution in [0.5, 0.6) is 5.75 Å². The van der Waals surface area contributed by atoms with Crippen LogP contribution in [0.15, 0.2) is 48.6 Å². The Kier molecular flexibility index (Phi) is 6.47. The number of ether oxygens (including phenoxy) is 1. The summed E-state index contributed by atoms with van der Waals surface area (Å²) >= 11 is 0. The van der Waals surface area contributed by atoms with Crippen molar-refractivity contribution in [3.63, 3.8) is 0 Å². The number of carbonyl (C=O) groups is 2. The lowest BCUT2D eigenvalue weighted by atomic mass is 9.93. The van der Waals surface area contributed by atoms with Crippen molar-refractivity contribution in [3.05, 3.63) is 59.8 Å². The number of Topliss-reactive ketones (excluding diaryl/α,β-unsaturated/α-hetero) is 1. The van der Waals surface area contributed by atoms with Crippen LogP contribution >= 0.6 is 0 Å². The highest BCUT2D eigenvalue weighted by Crippen LogP contribution is 2.43. The molecule has 11 nitrogen and oxygen atoms in total. The van der Waals surface area contributed by atoms with E-state index in [1.54, 1.807) is 23.2 Å². The second kappa shape index (κ2) is 10.0. The molecule has 0 aliphatic carbocycles. The van der Waals surface area contributed by atoms with Crippen molar-refractivity contribution < 1.29 is 14.3 Å². The zero-order valence-corrected chi connectivity index (χ0v) is 20.1. The summed E-state index contributed by atoms with van der Waals surface area (Å²) in [6.07, 6.45) is 7.11. The fourth-order valence-corrected chi connectivity index (χ4v) is 4.74. The number of methoxy groups -OCH3 is 1. The number of nitriles is 1. The number of allylic oxidation sites excluding steroid dienone is 1. The van der Waals surface area contributed by atoms with Crippen molar-refractivity contribution in [1.82, 2.24) is 24.8 Å². The fourth-order valence-electron chi connectivity index (χ4n) is 4.74. The van der Waals surface area contributed by atoms with E-state index in [0.29, 0.717) is 65.6 Å². The fraction of sp³-hybridized carbons (Fsp3) is 0.269. The summed E-state index contributed by atoms with van der Waals surface area (Å²) in [7, 11) is 1.49. The molecule has 2 aliphatic rings. The van der Waals surface area contributed by atoms with Crippen LogP contribution in [0.2, 0.25) is 0 Å². The number of hydrogen-bond acceptors (Lipinski definition) is 10. The minimum absolute atomic E-state index is 0.231. The van der Waals surface area contributed by atoms with E-state index in [-0.39, 0.29) is 12.4 Å². The number of fused-ring (bicyclic) bond motifs is 1. The van der Waals surface area contributed by atoms with Gasteiger partial charge < -0.3 is 20.7 Å². The zero-order chi connectivity index (χ0) is 25.9. The topological polar surface area (TPSA) is 160 Å². The number of ketones is 1. The minimum atomic E-state index is -0.735. The van der Waals surface area contributed by atoms with Gasteiger partial charge in [-0.15, -0.1) is 0 Å². The van der Waals surface area contributed by atoms with Gasteiger partial charge in [0.1, 0.15) is 29.0 Å². The SMILES string of the molecule is COc1cnc(-c2cnc(N)cn2)c2c1C(C(=O)C(=O)N1CCC(=C(C#N)c3ccccn3)CC1)CN2. The molecule has 186 valence electrons. The summed E-state index contributed by atoms with van der Waals surface area (Å²) in [5.41, 5.74) is 9.88. The van der Waals surface area contributed by atoms with E-state index < -0.39 is 17.6 Å². The summed E-state index contributed by atoms with van der Waals surface area (Å²) < 4.78 is 5.49. The summed E-state index contributed by atoms with van der Waals surface area (Å²) in [5, 5.41) is 12.9. The Bertz CT molecular complexity index is 1420. The molecule has 0 bridgehead atoms. The number of amides is 1. The van der Waals surface area contributed by atoms with Crippen LogP contribution < -0.4 is 15.8 Å². The van der Waals surface area contributed by atoms with Crippen molar-refractivity contribution in [2.24, 2.45) is 0 Å². The maximum absolute atomic E-state index is 13.4. The van der Waals surface area contributed by atoms with E-state index in [1.165, 1.54) is 25.7 Å². The highest BCUT2D eigenvalue weighted by Gasteiger charge is 2.39. The lowest BCUT2D eigenvalue weighted by Crippen LogP contribution is -2.42. The van der Waals surface area contributed by atoms with Crippen molar-refractivity contribution in [1.29, 1.82) is 5.26 Å². The van der Waals surface area contributed by atoms with Crippen molar-refractivity contribution >= 4 is 28.8 Å². The average Bonchev–Trinajstić information content (AvgIpc) is 3.39. The molecule has 37 heavy (non-hydrogen) atoms.